The van der Waals surface area contributed by atoms with Crippen molar-refractivity contribution in [3.63, 3.8) is 0 Å². The van der Waals surface area contributed by atoms with Gasteiger partial charge in [0.05, 0.1) is 24.0 Å². The zero-order valence-electron chi connectivity index (χ0n) is 11.4. The van der Waals surface area contributed by atoms with Gasteiger partial charge in [0.2, 0.25) is 0 Å². The van der Waals surface area contributed by atoms with E-state index in [1.54, 1.807) is 16.0 Å². The van der Waals surface area contributed by atoms with Gasteiger partial charge in [0, 0.05) is 17.1 Å². The summed E-state index contributed by atoms with van der Waals surface area (Å²) in [7, 11) is 0. The number of aromatic nitrogens is 3. The number of nitrogens with zero attached hydrogens (tertiary/aromatic N) is 3. The van der Waals surface area contributed by atoms with Crippen molar-refractivity contribution >= 4 is 17.3 Å². The third kappa shape index (κ3) is 3.00. The molecule has 3 aromatic rings. The number of rotatable bonds is 4. The van der Waals surface area contributed by atoms with E-state index in [1.165, 1.54) is 18.0 Å². The molecule has 0 atom stereocenters. The third-order valence-corrected chi connectivity index (χ3v) is 3.96. The maximum absolute atomic E-state index is 10.8. The highest BCUT2D eigenvalue weighted by Gasteiger charge is 2.09. The van der Waals surface area contributed by atoms with Crippen LogP contribution in [0, 0.1) is 6.92 Å². The summed E-state index contributed by atoms with van der Waals surface area (Å²) in [5, 5.41) is 15.8. The topological polar surface area (TPSA) is 68.0 Å². The highest BCUT2D eigenvalue weighted by molar-refractivity contribution is 7.13. The van der Waals surface area contributed by atoms with E-state index in [-0.39, 0.29) is 5.56 Å². The van der Waals surface area contributed by atoms with Crippen molar-refractivity contribution in [3.05, 3.63) is 58.9 Å². The maximum Gasteiger partial charge on any atom is 0.338 e. The van der Waals surface area contributed by atoms with Crippen LogP contribution in [0.2, 0.25) is 0 Å². The summed E-state index contributed by atoms with van der Waals surface area (Å²) in [5.74, 6) is -0.972. The predicted molar refractivity (Wildman–Crippen MR) is 80.6 cm³/mol. The molecule has 0 aliphatic rings. The minimum Gasteiger partial charge on any atom is -0.478 e. The minimum absolute atomic E-state index is 0.184. The van der Waals surface area contributed by atoms with Crippen LogP contribution in [-0.2, 0) is 6.54 Å². The molecule has 3 rings (SSSR count). The fourth-order valence-electron chi connectivity index (χ4n) is 2.02. The molecule has 0 unspecified atom stereocenters. The van der Waals surface area contributed by atoms with Gasteiger partial charge in [0.25, 0.3) is 0 Å². The SMILES string of the molecule is Cc1cccc(-c2nc(Cn3cc(C(=O)O)cn3)cs2)c1. The van der Waals surface area contributed by atoms with E-state index in [4.69, 9.17) is 5.11 Å². The van der Waals surface area contributed by atoms with Crippen LogP contribution >= 0.6 is 11.3 Å². The number of carboxylic acid groups (broad SMARTS) is 1. The van der Waals surface area contributed by atoms with Gasteiger partial charge in [-0.15, -0.1) is 11.3 Å². The van der Waals surface area contributed by atoms with Gasteiger partial charge >= 0.3 is 5.97 Å². The Bertz CT molecular complexity index is 792. The van der Waals surface area contributed by atoms with Crippen molar-refractivity contribution in [3.8, 4) is 10.6 Å². The molecule has 5 nitrogen and oxygen atoms in total. The van der Waals surface area contributed by atoms with Gasteiger partial charge in [-0.1, -0.05) is 23.8 Å². The Hall–Kier alpha value is -2.47. The fraction of sp³-hybridized carbons (Fsp3) is 0.133. The highest BCUT2D eigenvalue weighted by Crippen LogP contribution is 2.24. The lowest BCUT2D eigenvalue weighted by molar-refractivity contribution is 0.0697. The van der Waals surface area contributed by atoms with Crippen molar-refractivity contribution in [2.45, 2.75) is 13.5 Å². The minimum atomic E-state index is -0.972. The Morgan fingerprint density at radius 3 is 3.00 bits per heavy atom. The second-order valence-electron chi connectivity index (χ2n) is 4.75. The zero-order chi connectivity index (χ0) is 14.8. The van der Waals surface area contributed by atoms with Crippen LogP contribution in [0.1, 0.15) is 21.6 Å². The van der Waals surface area contributed by atoms with E-state index in [9.17, 15) is 4.79 Å². The first-order valence-electron chi connectivity index (χ1n) is 6.39. The van der Waals surface area contributed by atoms with E-state index < -0.39 is 5.97 Å². The molecule has 0 fully saturated rings. The van der Waals surface area contributed by atoms with Crippen molar-refractivity contribution in [2.24, 2.45) is 0 Å². The van der Waals surface area contributed by atoms with Gasteiger partial charge in [0.1, 0.15) is 5.01 Å². The number of hydrogen-bond donors (Lipinski definition) is 1. The van der Waals surface area contributed by atoms with Crippen molar-refractivity contribution in [1.29, 1.82) is 0 Å². The molecule has 0 bridgehead atoms. The highest BCUT2D eigenvalue weighted by atomic mass is 32.1. The van der Waals surface area contributed by atoms with E-state index in [1.807, 2.05) is 17.5 Å². The summed E-state index contributed by atoms with van der Waals surface area (Å²) in [5.41, 5.74) is 3.35. The molecule has 0 amide bonds. The molecule has 1 aromatic carbocycles. The molecular formula is C15H13N3O2S. The summed E-state index contributed by atoms with van der Waals surface area (Å²) in [6.45, 7) is 2.52. The Balaban J connectivity index is 1.80. The van der Waals surface area contributed by atoms with Crippen molar-refractivity contribution in [1.82, 2.24) is 14.8 Å². The second kappa shape index (κ2) is 5.49. The Labute approximate surface area is 125 Å². The normalized spacial score (nSPS) is 10.7. The molecule has 21 heavy (non-hydrogen) atoms. The van der Waals surface area contributed by atoms with Crippen molar-refractivity contribution < 1.29 is 9.90 Å². The summed E-state index contributed by atoms with van der Waals surface area (Å²) in [4.78, 5) is 15.4. The number of hydrogen-bond acceptors (Lipinski definition) is 4. The molecule has 0 aliphatic heterocycles. The number of aryl methyl sites for hydroxylation is 1. The van der Waals surface area contributed by atoms with Gasteiger partial charge in [-0.25, -0.2) is 9.78 Å². The summed E-state index contributed by atoms with van der Waals surface area (Å²) in [6.07, 6.45) is 2.85. The van der Waals surface area contributed by atoms with E-state index >= 15 is 0 Å². The van der Waals surface area contributed by atoms with Crippen LogP contribution in [0.5, 0.6) is 0 Å². The Kier molecular flexibility index (Phi) is 3.53. The molecule has 0 spiro atoms. The number of carbonyl (C=O) groups is 1. The predicted octanol–water partition coefficient (Wildman–Crippen LogP) is 3.06. The van der Waals surface area contributed by atoms with Crippen LogP contribution in [0.4, 0.5) is 0 Å². The first-order valence-corrected chi connectivity index (χ1v) is 7.27. The second-order valence-corrected chi connectivity index (χ2v) is 5.60. The molecule has 0 saturated carbocycles. The molecule has 2 heterocycles. The number of benzene rings is 1. The van der Waals surface area contributed by atoms with Gasteiger partial charge < -0.3 is 5.11 Å². The van der Waals surface area contributed by atoms with Gasteiger partial charge in [-0.3, -0.25) is 4.68 Å². The van der Waals surface area contributed by atoms with E-state index in [0.29, 0.717) is 6.54 Å². The summed E-state index contributed by atoms with van der Waals surface area (Å²) >= 11 is 1.58. The average molecular weight is 299 g/mol. The van der Waals surface area contributed by atoms with Crippen LogP contribution in [-0.4, -0.2) is 25.8 Å². The Morgan fingerprint density at radius 1 is 1.43 bits per heavy atom. The van der Waals surface area contributed by atoms with E-state index in [2.05, 4.69) is 29.1 Å². The lowest BCUT2D eigenvalue weighted by atomic mass is 10.1. The van der Waals surface area contributed by atoms with Gasteiger partial charge in [-0.2, -0.15) is 5.10 Å². The van der Waals surface area contributed by atoms with Gasteiger partial charge in [-0.05, 0) is 13.0 Å². The first-order chi connectivity index (χ1) is 10.1. The molecule has 106 valence electrons. The lowest BCUT2D eigenvalue weighted by Gasteiger charge is -1.98. The largest absolute Gasteiger partial charge is 0.478 e. The molecule has 0 radical (unpaired) electrons. The molecule has 2 aromatic heterocycles. The molecule has 0 aliphatic carbocycles. The van der Waals surface area contributed by atoms with Crippen LogP contribution < -0.4 is 0 Å². The summed E-state index contributed by atoms with van der Waals surface area (Å²) < 4.78 is 1.58. The monoisotopic (exact) mass is 299 g/mol. The van der Waals surface area contributed by atoms with Crippen LogP contribution in [0.15, 0.2) is 42.0 Å². The molecule has 0 saturated heterocycles. The number of thiazole rings is 1. The standard InChI is InChI=1S/C15H13N3O2S/c1-10-3-2-4-11(5-10)14-17-13(9-21-14)8-18-7-12(6-16-18)15(19)20/h2-7,9H,8H2,1H3,(H,19,20). The number of aromatic carboxylic acids is 1. The summed E-state index contributed by atoms with van der Waals surface area (Å²) in [6, 6.07) is 8.19. The molecule has 1 N–H and O–H groups in total. The average Bonchev–Trinajstić information content (AvgIpc) is 3.08. The smallest absolute Gasteiger partial charge is 0.338 e. The Morgan fingerprint density at radius 2 is 2.29 bits per heavy atom. The van der Waals surface area contributed by atoms with Gasteiger partial charge in [0.15, 0.2) is 0 Å². The zero-order valence-corrected chi connectivity index (χ0v) is 12.2. The maximum atomic E-state index is 10.8. The third-order valence-electron chi connectivity index (χ3n) is 3.02. The van der Waals surface area contributed by atoms with Crippen LogP contribution in [0.3, 0.4) is 0 Å². The quantitative estimate of drug-likeness (QED) is 0.804. The lowest BCUT2D eigenvalue weighted by Crippen LogP contribution is -2.00. The molecular weight excluding hydrogens is 286 g/mol. The molecule has 6 heteroatoms. The van der Waals surface area contributed by atoms with Crippen LogP contribution in [0.25, 0.3) is 10.6 Å². The number of carboxylic acids is 1. The van der Waals surface area contributed by atoms with Crippen molar-refractivity contribution in [2.75, 3.05) is 0 Å². The first kappa shape index (κ1) is 13.5. The fourth-order valence-corrected chi connectivity index (χ4v) is 2.82. The van der Waals surface area contributed by atoms with E-state index in [0.717, 1.165) is 16.3 Å².